The highest BCUT2D eigenvalue weighted by Crippen LogP contribution is 2.35. The second-order valence-corrected chi connectivity index (χ2v) is 6.20. The van der Waals surface area contributed by atoms with Crippen molar-refractivity contribution in [2.45, 2.75) is 6.18 Å². The molecule has 1 amide bonds. The third-order valence-corrected chi connectivity index (χ3v) is 4.03. The van der Waals surface area contributed by atoms with E-state index in [0.29, 0.717) is 18.2 Å². The Kier molecular flexibility index (Phi) is 5.59. The number of rotatable bonds is 4. The second-order valence-electron chi connectivity index (χ2n) is 6.20. The van der Waals surface area contributed by atoms with Gasteiger partial charge in [0.1, 0.15) is 11.6 Å². The van der Waals surface area contributed by atoms with Gasteiger partial charge < -0.3 is 14.6 Å². The second kappa shape index (κ2) is 7.97. The molecule has 0 radical (unpaired) electrons. The van der Waals surface area contributed by atoms with E-state index in [1.807, 2.05) is 0 Å². The number of halogens is 5. The van der Waals surface area contributed by atoms with Crippen molar-refractivity contribution < 1.29 is 31.5 Å². The van der Waals surface area contributed by atoms with Crippen molar-refractivity contribution in [2.24, 2.45) is 7.05 Å². The molecule has 30 heavy (non-hydrogen) atoms. The molecule has 0 fully saturated rings. The summed E-state index contributed by atoms with van der Waals surface area (Å²) >= 11 is 0. The maximum Gasteiger partial charge on any atom is 0.416 e. The number of nitrogens with zero attached hydrogens (tertiary/aromatic N) is 1. The van der Waals surface area contributed by atoms with Gasteiger partial charge in [-0.3, -0.25) is 9.59 Å². The average molecular weight is 424 g/mol. The summed E-state index contributed by atoms with van der Waals surface area (Å²) in [6.45, 7) is 0. The van der Waals surface area contributed by atoms with Crippen molar-refractivity contribution in [3.8, 4) is 11.5 Å². The first-order valence-corrected chi connectivity index (χ1v) is 8.37. The van der Waals surface area contributed by atoms with E-state index in [1.54, 1.807) is 0 Å². The van der Waals surface area contributed by atoms with E-state index in [2.05, 4.69) is 5.32 Å². The van der Waals surface area contributed by atoms with Crippen molar-refractivity contribution in [3.05, 3.63) is 87.8 Å². The smallest absolute Gasteiger partial charge is 0.416 e. The Morgan fingerprint density at radius 2 is 1.73 bits per heavy atom. The summed E-state index contributed by atoms with van der Waals surface area (Å²) in [5.41, 5.74) is -1.82. The molecule has 0 aliphatic carbocycles. The molecule has 0 aliphatic heterocycles. The van der Waals surface area contributed by atoms with E-state index in [-0.39, 0.29) is 11.3 Å². The molecule has 1 heterocycles. The van der Waals surface area contributed by atoms with Crippen LogP contribution in [0, 0.1) is 11.6 Å². The van der Waals surface area contributed by atoms with Gasteiger partial charge in [-0.15, -0.1) is 0 Å². The monoisotopic (exact) mass is 424 g/mol. The Bertz CT molecular complexity index is 1170. The molecule has 0 unspecified atom stereocenters. The molecule has 156 valence electrons. The minimum absolute atomic E-state index is 0.0990. The molecule has 3 aromatic rings. The van der Waals surface area contributed by atoms with E-state index in [0.717, 1.165) is 24.3 Å². The van der Waals surface area contributed by atoms with E-state index >= 15 is 0 Å². The number of amides is 1. The normalized spacial score (nSPS) is 11.3. The van der Waals surface area contributed by atoms with Crippen LogP contribution in [0.3, 0.4) is 0 Å². The Labute approximate surface area is 166 Å². The lowest BCUT2D eigenvalue weighted by atomic mass is 10.1. The zero-order valence-corrected chi connectivity index (χ0v) is 15.3. The summed E-state index contributed by atoms with van der Waals surface area (Å²) < 4.78 is 72.7. The van der Waals surface area contributed by atoms with Gasteiger partial charge in [0.15, 0.2) is 11.6 Å². The Balaban J connectivity index is 2.00. The minimum Gasteiger partial charge on any atom is -0.453 e. The lowest BCUT2D eigenvalue weighted by Crippen LogP contribution is -2.19. The van der Waals surface area contributed by atoms with Crippen LogP contribution in [0.5, 0.6) is 11.5 Å². The summed E-state index contributed by atoms with van der Waals surface area (Å²) in [5.74, 6) is -4.14. The average Bonchev–Trinajstić information content (AvgIpc) is 2.66. The molecule has 1 aromatic heterocycles. The fraction of sp³-hybridized carbons (Fsp3) is 0.100. The summed E-state index contributed by atoms with van der Waals surface area (Å²) in [6, 6.07) is 6.79. The molecule has 5 nitrogen and oxygen atoms in total. The molecule has 3 rings (SSSR count). The van der Waals surface area contributed by atoms with Crippen LogP contribution in [0.1, 0.15) is 15.9 Å². The van der Waals surface area contributed by atoms with Crippen LogP contribution in [-0.2, 0) is 13.2 Å². The van der Waals surface area contributed by atoms with Gasteiger partial charge in [-0.1, -0.05) is 0 Å². The molecular weight excluding hydrogens is 411 g/mol. The van der Waals surface area contributed by atoms with Crippen LogP contribution in [-0.4, -0.2) is 10.5 Å². The van der Waals surface area contributed by atoms with Gasteiger partial charge in [0.2, 0.25) is 0 Å². The quantitative estimate of drug-likeness (QED) is 0.617. The fourth-order valence-electron chi connectivity index (χ4n) is 2.47. The first-order chi connectivity index (χ1) is 14.0. The van der Waals surface area contributed by atoms with Crippen molar-refractivity contribution >= 4 is 11.6 Å². The standard InChI is InChI=1S/C20H13F5N2O3/c1-27-7-6-13(10-18(27)28)26-19(29)14-4-2-11(20(23,24)25)8-17(14)30-16-5-3-12(21)9-15(16)22/h2-10H,1H3,(H,26,29). The lowest BCUT2D eigenvalue weighted by molar-refractivity contribution is -0.137. The molecular formula is C20H13F5N2O3. The molecule has 10 heteroatoms. The van der Waals surface area contributed by atoms with Gasteiger partial charge in [0, 0.05) is 31.1 Å². The number of hydrogen-bond acceptors (Lipinski definition) is 3. The lowest BCUT2D eigenvalue weighted by Gasteiger charge is -2.15. The minimum atomic E-state index is -4.75. The highest BCUT2D eigenvalue weighted by molar-refractivity contribution is 6.06. The number of benzene rings is 2. The third-order valence-electron chi connectivity index (χ3n) is 4.03. The SMILES string of the molecule is Cn1ccc(NC(=O)c2ccc(C(F)(F)F)cc2Oc2ccc(F)cc2F)cc1=O. The topological polar surface area (TPSA) is 60.3 Å². The summed E-state index contributed by atoms with van der Waals surface area (Å²) in [6.07, 6.45) is -3.36. The van der Waals surface area contributed by atoms with Gasteiger partial charge >= 0.3 is 6.18 Å². The molecule has 0 spiro atoms. The van der Waals surface area contributed by atoms with Gasteiger partial charge in [0.05, 0.1) is 11.1 Å². The Hall–Kier alpha value is -3.69. The third kappa shape index (κ3) is 4.65. The highest BCUT2D eigenvalue weighted by Gasteiger charge is 2.32. The molecule has 0 saturated heterocycles. The van der Waals surface area contributed by atoms with Crippen LogP contribution < -0.4 is 15.6 Å². The van der Waals surface area contributed by atoms with E-state index in [1.165, 1.54) is 23.9 Å². The van der Waals surface area contributed by atoms with Crippen molar-refractivity contribution in [3.63, 3.8) is 0 Å². The van der Waals surface area contributed by atoms with Crippen LogP contribution in [0.15, 0.2) is 59.5 Å². The van der Waals surface area contributed by atoms with Gasteiger partial charge in [-0.05, 0) is 36.4 Å². The summed E-state index contributed by atoms with van der Waals surface area (Å²) in [4.78, 5) is 24.3. The largest absolute Gasteiger partial charge is 0.453 e. The number of nitrogens with one attached hydrogen (secondary N) is 1. The number of hydrogen-bond donors (Lipinski definition) is 1. The fourth-order valence-corrected chi connectivity index (χ4v) is 2.47. The van der Waals surface area contributed by atoms with Crippen LogP contribution in [0.4, 0.5) is 27.6 Å². The number of aromatic nitrogens is 1. The number of aryl methyl sites for hydroxylation is 1. The van der Waals surface area contributed by atoms with Crippen LogP contribution >= 0.6 is 0 Å². The molecule has 0 atom stereocenters. The van der Waals surface area contributed by atoms with Crippen molar-refractivity contribution in [1.29, 1.82) is 0 Å². The zero-order chi connectivity index (χ0) is 22.1. The number of alkyl halides is 3. The molecule has 1 N–H and O–H groups in total. The van der Waals surface area contributed by atoms with Gasteiger partial charge in [-0.2, -0.15) is 13.2 Å². The van der Waals surface area contributed by atoms with E-state index in [4.69, 9.17) is 4.74 Å². The predicted octanol–water partition coefficient (Wildman–Crippen LogP) is 4.73. The number of ether oxygens (including phenoxy) is 1. The molecule has 0 saturated carbocycles. The van der Waals surface area contributed by atoms with E-state index < -0.39 is 46.3 Å². The summed E-state index contributed by atoms with van der Waals surface area (Å²) in [5, 5.41) is 2.37. The first kappa shape index (κ1) is 21.0. The number of pyridine rings is 1. The maximum atomic E-state index is 13.9. The summed E-state index contributed by atoms with van der Waals surface area (Å²) in [7, 11) is 1.49. The maximum absolute atomic E-state index is 13.9. The van der Waals surface area contributed by atoms with Gasteiger partial charge in [-0.25, -0.2) is 8.78 Å². The predicted molar refractivity (Wildman–Crippen MR) is 97.5 cm³/mol. The van der Waals surface area contributed by atoms with E-state index in [9.17, 15) is 31.5 Å². The van der Waals surface area contributed by atoms with Crippen LogP contribution in [0.25, 0.3) is 0 Å². The molecule has 0 bridgehead atoms. The first-order valence-electron chi connectivity index (χ1n) is 8.37. The highest BCUT2D eigenvalue weighted by atomic mass is 19.4. The Morgan fingerprint density at radius 1 is 1.00 bits per heavy atom. The molecule has 2 aromatic carbocycles. The van der Waals surface area contributed by atoms with Crippen molar-refractivity contribution in [2.75, 3.05) is 5.32 Å². The number of carbonyl (C=O) groups excluding carboxylic acids is 1. The van der Waals surface area contributed by atoms with Crippen LogP contribution in [0.2, 0.25) is 0 Å². The zero-order valence-electron chi connectivity index (χ0n) is 15.3. The number of carbonyl (C=O) groups is 1. The van der Waals surface area contributed by atoms with Gasteiger partial charge in [0.25, 0.3) is 11.5 Å². The Morgan fingerprint density at radius 3 is 2.37 bits per heavy atom. The number of anilines is 1. The van der Waals surface area contributed by atoms with Crippen molar-refractivity contribution in [1.82, 2.24) is 4.57 Å². The molecule has 0 aliphatic rings.